The predicted molar refractivity (Wildman–Crippen MR) is 127 cm³/mol. The normalized spacial score (nSPS) is 18.4. The molecule has 2 aliphatic rings. The van der Waals surface area contributed by atoms with E-state index in [-0.39, 0.29) is 11.2 Å². The van der Waals surface area contributed by atoms with Crippen LogP contribution in [-0.4, -0.2) is 76.4 Å². The Balaban J connectivity index is 1.53. The van der Waals surface area contributed by atoms with Crippen molar-refractivity contribution in [2.75, 3.05) is 45.9 Å². The molecule has 1 atom stereocenters. The van der Waals surface area contributed by atoms with Gasteiger partial charge in [0.25, 0.3) is 0 Å². The van der Waals surface area contributed by atoms with Gasteiger partial charge in [-0.05, 0) is 31.5 Å². The zero-order chi connectivity index (χ0) is 22.2. The number of benzene rings is 1. The van der Waals surface area contributed by atoms with Crippen LogP contribution in [0.1, 0.15) is 35.9 Å². The fourth-order valence-electron chi connectivity index (χ4n) is 4.29. The van der Waals surface area contributed by atoms with Crippen molar-refractivity contribution in [3.05, 3.63) is 54.4 Å². The number of aromatic nitrogens is 3. The maximum Gasteiger partial charge on any atom is 0.240 e. The van der Waals surface area contributed by atoms with E-state index in [1.54, 1.807) is 0 Å². The Morgan fingerprint density at radius 2 is 1.84 bits per heavy atom. The predicted octanol–water partition coefficient (Wildman–Crippen LogP) is 3.18. The van der Waals surface area contributed by atoms with Crippen LogP contribution in [0.5, 0.6) is 0 Å². The Morgan fingerprint density at radius 1 is 1.09 bits per heavy atom. The standard InChI is InChI=1S/C24H33N5O2S/c1-2-12-29-21(11-15-27-13-7-4-8-14-27)25-26-24(29)32-22(20-9-5-3-6-10-20)23(30)28-16-18-31-19-17-28/h2-3,5-6,9-10,22H,1,4,7-8,11-19H2/t22-/m1/s1. The van der Waals surface area contributed by atoms with E-state index in [4.69, 9.17) is 4.74 Å². The van der Waals surface area contributed by atoms with Crippen molar-refractivity contribution < 1.29 is 9.53 Å². The van der Waals surface area contributed by atoms with Gasteiger partial charge in [0.1, 0.15) is 11.1 Å². The van der Waals surface area contributed by atoms with Crippen molar-refractivity contribution >= 4 is 17.7 Å². The summed E-state index contributed by atoms with van der Waals surface area (Å²) in [5.74, 6) is 1.07. The van der Waals surface area contributed by atoms with Crippen LogP contribution in [0, 0.1) is 0 Å². The first-order chi connectivity index (χ1) is 15.8. The van der Waals surface area contributed by atoms with Gasteiger partial charge in [-0.2, -0.15) is 0 Å². The monoisotopic (exact) mass is 455 g/mol. The third-order valence-corrected chi connectivity index (χ3v) is 7.30. The lowest BCUT2D eigenvalue weighted by Crippen LogP contribution is -2.42. The van der Waals surface area contributed by atoms with Crippen molar-refractivity contribution in [3.8, 4) is 0 Å². The van der Waals surface area contributed by atoms with Crippen LogP contribution >= 0.6 is 11.8 Å². The van der Waals surface area contributed by atoms with Gasteiger partial charge in [-0.3, -0.25) is 4.79 Å². The molecule has 172 valence electrons. The molecule has 0 bridgehead atoms. The second-order valence-electron chi connectivity index (χ2n) is 8.30. The molecule has 0 aliphatic carbocycles. The van der Waals surface area contributed by atoms with Gasteiger partial charge in [0.05, 0.1) is 13.2 Å². The topological polar surface area (TPSA) is 63.5 Å². The van der Waals surface area contributed by atoms with Crippen molar-refractivity contribution in [3.63, 3.8) is 0 Å². The number of ether oxygens (including phenoxy) is 1. The molecule has 0 radical (unpaired) electrons. The van der Waals surface area contributed by atoms with Gasteiger partial charge in [0, 0.05) is 32.6 Å². The summed E-state index contributed by atoms with van der Waals surface area (Å²) in [6, 6.07) is 9.97. The number of thioether (sulfide) groups is 1. The average Bonchev–Trinajstić information content (AvgIpc) is 3.24. The van der Waals surface area contributed by atoms with E-state index in [1.165, 1.54) is 44.1 Å². The Bertz CT molecular complexity index is 876. The number of piperidine rings is 1. The fourth-order valence-corrected chi connectivity index (χ4v) is 5.44. The Labute approximate surface area is 194 Å². The zero-order valence-corrected chi connectivity index (χ0v) is 19.5. The summed E-state index contributed by atoms with van der Waals surface area (Å²) in [4.78, 5) is 17.9. The minimum absolute atomic E-state index is 0.104. The van der Waals surface area contributed by atoms with Gasteiger partial charge in [-0.25, -0.2) is 0 Å². The number of hydrogen-bond donors (Lipinski definition) is 0. The molecule has 3 heterocycles. The van der Waals surface area contributed by atoms with Crippen molar-refractivity contribution in [1.29, 1.82) is 0 Å². The van der Waals surface area contributed by atoms with E-state index in [0.29, 0.717) is 32.8 Å². The SMILES string of the molecule is C=CCn1c(CCN2CCCCC2)nnc1S[C@@H](C(=O)N1CCOCC1)c1ccccc1. The van der Waals surface area contributed by atoms with Gasteiger partial charge >= 0.3 is 0 Å². The molecule has 0 saturated carbocycles. The molecular weight excluding hydrogens is 422 g/mol. The van der Waals surface area contributed by atoms with Crippen LogP contribution in [0.4, 0.5) is 0 Å². The second-order valence-corrected chi connectivity index (χ2v) is 9.37. The fraction of sp³-hybridized carbons (Fsp3) is 0.542. The van der Waals surface area contributed by atoms with E-state index in [0.717, 1.165) is 29.5 Å². The van der Waals surface area contributed by atoms with Gasteiger partial charge in [0.15, 0.2) is 5.16 Å². The highest BCUT2D eigenvalue weighted by Crippen LogP contribution is 2.36. The molecule has 0 N–H and O–H groups in total. The highest BCUT2D eigenvalue weighted by atomic mass is 32.2. The van der Waals surface area contributed by atoms with Gasteiger partial charge in [-0.1, -0.05) is 54.6 Å². The summed E-state index contributed by atoms with van der Waals surface area (Å²) in [5.41, 5.74) is 0.983. The maximum absolute atomic E-state index is 13.5. The van der Waals surface area contributed by atoms with E-state index in [9.17, 15) is 4.79 Å². The molecule has 1 aromatic carbocycles. The lowest BCUT2D eigenvalue weighted by atomic mass is 10.1. The molecule has 2 aliphatic heterocycles. The number of likely N-dealkylation sites (tertiary alicyclic amines) is 1. The second kappa shape index (κ2) is 11.6. The number of carbonyl (C=O) groups excluding carboxylic acids is 1. The molecule has 0 spiro atoms. The molecule has 7 nitrogen and oxygen atoms in total. The molecule has 8 heteroatoms. The maximum atomic E-state index is 13.5. The van der Waals surface area contributed by atoms with Gasteiger partial charge < -0.3 is 19.1 Å². The molecule has 32 heavy (non-hydrogen) atoms. The van der Waals surface area contributed by atoms with Crippen LogP contribution in [0.3, 0.4) is 0 Å². The number of hydrogen-bond acceptors (Lipinski definition) is 6. The number of morpholine rings is 1. The number of rotatable bonds is 9. The molecule has 2 fully saturated rings. The Morgan fingerprint density at radius 3 is 2.56 bits per heavy atom. The molecule has 4 rings (SSSR count). The number of amides is 1. The first-order valence-corrected chi connectivity index (χ1v) is 12.5. The third-order valence-electron chi connectivity index (χ3n) is 6.08. The van der Waals surface area contributed by atoms with E-state index in [1.807, 2.05) is 41.3 Å². The molecular formula is C24H33N5O2S. The van der Waals surface area contributed by atoms with Crippen molar-refractivity contribution in [2.45, 2.75) is 42.6 Å². The van der Waals surface area contributed by atoms with E-state index in [2.05, 4.69) is 26.2 Å². The van der Waals surface area contributed by atoms with Crippen LogP contribution in [0.2, 0.25) is 0 Å². The van der Waals surface area contributed by atoms with Crippen LogP contribution in [0.15, 0.2) is 48.1 Å². The highest BCUT2D eigenvalue weighted by molar-refractivity contribution is 8.00. The molecule has 2 saturated heterocycles. The first-order valence-electron chi connectivity index (χ1n) is 11.6. The largest absolute Gasteiger partial charge is 0.378 e. The zero-order valence-electron chi connectivity index (χ0n) is 18.7. The Kier molecular flexibility index (Phi) is 8.36. The van der Waals surface area contributed by atoms with Crippen molar-refractivity contribution in [1.82, 2.24) is 24.6 Å². The molecule has 1 amide bonds. The minimum atomic E-state index is -0.364. The third kappa shape index (κ3) is 5.79. The van der Waals surface area contributed by atoms with Gasteiger partial charge in [-0.15, -0.1) is 16.8 Å². The lowest BCUT2D eigenvalue weighted by Gasteiger charge is -2.30. The minimum Gasteiger partial charge on any atom is -0.378 e. The summed E-state index contributed by atoms with van der Waals surface area (Å²) >= 11 is 1.49. The van der Waals surface area contributed by atoms with Crippen LogP contribution in [0.25, 0.3) is 0 Å². The van der Waals surface area contributed by atoms with E-state index < -0.39 is 0 Å². The number of carbonyl (C=O) groups is 1. The summed E-state index contributed by atoms with van der Waals surface area (Å²) in [6.07, 6.45) is 6.63. The molecule has 1 aromatic heterocycles. The highest BCUT2D eigenvalue weighted by Gasteiger charge is 2.30. The Hall–Kier alpha value is -2.16. The quantitative estimate of drug-likeness (QED) is 0.428. The summed E-state index contributed by atoms with van der Waals surface area (Å²) in [5, 5.41) is 9.42. The summed E-state index contributed by atoms with van der Waals surface area (Å²) in [6.45, 7) is 10.3. The van der Waals surface area contributed by atoms with E-state index >= 15 is 0 Å². The number of allylic oxidation sites excluding steroid dienone is 1. The number of nitrogens with zero attached hydrogens (tertiary/aromatic N) is 5. The first kappa shape index (κ1) is 23.0. The molecule has 0 unspecified atom stereocenters. The summed E-state index contributed by atoms with van der Waals surface area (Å²) < 4.78 is 7.56. The lowest BCUT2D eigenvalue weighted by molar-refractivity contribution is -0.134. The van der Waals surface area contributed by atoms with Crippen molar-refractivity contribution in [2.24, 2.45) is 0 Å². The summed E-state index contributed by atoms with van der Waals surface area (Å²) in [7, 11) is 0. The average molecular weight is 456 g/mol. The smallest absolute Gasteiger partial charge is 0.240 e. The molecule has 2 aromatic rings. The van der Waals surface area contributed by atoms with Crippen LogP contribution < -0.4 is 0 Å². The van der Waals surface area contributed by atoms with Gasteiger partial charge in [0.2, 0.25) is 5.91 Å². The van der Waals surface area contributed by atoms with Crippen LogP contribution in [-0.2, 0) is 22.5 Å².